The predicted molar refractivity (Wildman–Crippen MR) is 112 cm³/mol. The quantitative estimate of drug-likeness (QED) is 0.627. The van der Waals surface area contributed by atoms with E-state index >= 15 is 0 Å². The van der Waals surface area contributed by atoms with Gasteiger partial charge < -0.3 is 19.1 Å². The van der Waals surface area contributed by atoms with E-state index in [4.69, 9.17) is 21.7 Å². The normalized spacial score (nSPS) is 16.4. The van der Waals surface area contributed by atoms with E-state index in [-0.39, 0.29) is 5.82 Å². The molecule has 0 saturated heterocycles. The number of aliphatic hydroxyl groups is 1. The van der Waals surface area contributed by atoms with Crippen molar-refractivity contribution in [1.29, 1.82) is 0 Å². The molecule has 1 atom stereocenters. The first-order valence-electron chi connectivity index (χ1n) is 9.47. The van der Waals surface area contributed by atoms with Crippen LogP contribution in [-0.4, -0.2) is 45.1 Å². The predicted octanol–water partition coefficient (Wildman–Crippen LogP) is 3.28. The van der Waals surface area contributed by atoms with Gasteiger partial charge in [-0.2, -0.15) is 5.10 Å². The van der Waals surface area contributed by atoms with Crippen LogP contribution in [0.2, 0.25) is 0 Å². The number of β-amino-alcohol motifs (C(OH)–C–C–N with tert-alkyl or cyclic N) is 1. The highest BCUT2D eigenvalue weighted by atomic mass is 32.1. The van der Waals surface area contributed by atoms with Gasteiger partial charge in [0.2, 0.25) is 0 Å². The van der Waals surface area contributed by atoms with Crippen LogP contribution in [-0.2, 0) is 20.3 Å². The first kappa shape index (κ1) is 20.5. The fourth-order valence-corrected chi connectivity index (χ4v) is 4.08. The van der Waals surface area contributed by atoms with Crippen molar-refractivity contribution in [3.8, 4) is 22.9 Å². The molecule has 1 N–H and O–H groups in total. The summed E-state index contributed by atoms with van der Waals surface area (Å²) in [4.78, 5) is 2.02. The number of fused-ring (bicyclic) bond motifs is 1. The van der Waals surface area contributed by atoms with Crippen LogP contribution in [0.4, 0.5) is 4.39 Å². The van der Waals surface area contributed by atoms with Gasteiger partial charge in [-0.15, -0.1) is 0 Å². The fraction of sp³-hybridized carbons (Fsp3) is 0.333. The van der Waals surface area contributed by atoms with Crippen molar-refractivity contribution < 1.29 is 19.0 Å². The van der Waals surface area contributed by atoms with Gasteiger partial charge >= 0.3 is 0 Å². The molecule has 0 amide bonds. The van der Waals surface area contributed by atoms with Crippen LogP contribution in [0.1, 0.15) is 17.2 Å². The first-order chi connectivity index (χ1) is 14.4. The fourth-order valence-electron chi connectivity index (χ4n) is 3.90. The molecule has 9 heteroatoms. The Morgan fingerprint density at radius 1 is 1.17 bits per heavy atom. The highest BCUT2D eigenvalue weighted by molar-refractivity contribution is 7.71. The molecule has 2 heterocycles. The van der Waals surface area contributed by atoms with Crippen molar-refractivity contribution in [3.63, 3.8) is 0 Å². The molecule has 1 aliphatic heterocycles. The third kappa shape index (κ3) is 3.49. The molecule has 0 radical (unpaired) electrons. The number of hydrogen-bond acceptors (Lipinski definition) is 6. The van der Waals surface area contributed by atoms with Gasteiger partial charge in [0.05, 0.1) is 32.6 Å². The van der Waals surface area contributed by atoms with E-state index in [9.17, 15) is 9.50 Å². The number of nitrogens with zero attached hydrogens (tertiary/aromatic N) is 4. The zero-order valence-electron chi connectivity index (χ0n) is 17.0. The second-order valence-electron chi connectivity index (χ2n) is 7.18. The molecule has 30 heavy (non-hydrogen) atoms. The average molecular weight is 431 g/mol. The maximum atomic E-state index is 14.3. The average Bonchev–Trinajstić information content (AvgIpc) is 3.01. The summed E-state index contributed by atoms with van der Waals surface area (Å²) < 4.78 is 29.0. The highest BCUT2D eigenvalue weighted by Crippen LogP contribution is 2.39. The van der Waals surface area contributed by atoms with Crippen LogP contribution >= 0.6 is 12.2 Å². The van der Waals surface area contributed by atoms with Gasteiger partial charge in [-0.1, -0.05) is 12.1 Å². The number of aliphatic hydroxyl groups excluding tert-OH is 1. The number of benzene rings is 2. The second kappa shape index (κ2) is 8.17. The van der Waals surface area contributed by atoms with Crippen molar-refractivity contribution in [2.75, 3.05) is 20.8 Å². The van der Waals surface area contributed by atoms with Crippen LogP contribution in [0.25, 0.3) is 11.4 Å². The molecular weight excluding hydrogens is 407 g/mol. The molecule has 4 rings (SSSR count). The molecule has 0 saturated carbocycles. The van der Waals surface area contributed by atoms with E-state index in [0.717, 1.165) is 11.1 Å². The monoisotopic (exact) mass is 430 g/mol. The maximum Gasteiger partial charge on any atom is 0.199 e. The number of aromatic nitrogens is 3. The van der Waals surface area contributed by atoms with Gasteiger partial charge in [-0.3, -0.25) is 4.90 Å². The first-order valence-corrected chi connectivity index (χ1v) is 9.88. The Morgan fingerprint density at radius 2 is 1.87 bits per heavy atom. The summed E-state index contributed by atoms with van der Waals surface area (Å²) in [6, 6.07) is 10.1. The maximum absolute atomic E-state index is 14.3. The minimum atomic E-state index is -0.747. The van der Waals surface area contributed by atoms with Gasteiger partial charge in [0.25, 0.3) is 0 Å². The molecule has 3 aromatic rings. The number of methoxy groups -OCH3 is 2. The Balaban J connectivity index is 1.67. The number of ether oxygens (including phenoxy) is 2. The molecule has 7 nitrogen and oxygen atoms in total. The van der Waals surface area contributed by atoms with Gasteiger partial charge in [0.15, 0.2) is 10.6 Å². The Morgan fingerprint density at radius 3 is 2.57 bits per heavy atom. The molecule has 2 aromatic carbocycles. The molecule has 0 aliphatic carbocycles. The SMILES string of the molecule is COc1ccc(OC)c2c1CN(Cn1nc(-c3ccccc3F)n(C)c1=S)CC2O. The molecule has 0 bridgehead atoms. The lowest BCUT2D eigenvalue weighted by atomic mass is 9.95. The van der Waals surface area contributed by atoms with E-state index < -0.39 is 6.10 Å². The lowest BCUT2D eigenvalue weighted by Gasteiger charge is -2.33. The molecule has 0 fully saturated rings. The van der Waals surface area contributed by atoms with Crippen molar-refractivity contribution in [3.05, 3.63) is 58.1 Å². The highest BCUT2D eigenvalue weighted by Gasteiger charge is 2.30. The zero-order valence-corrected chi connectivity index (χ0v) is 17.8. The zero-order chi connectivity index (χ0) is 21.4. The third-order valence-corrected chi connectivity index (χ3v) is 5.83. The van der Waals surface area contributed by atoms with Crippen LogP contribution in [0.5, 0.6) is 11.5 Å². The minimum Gasteiger partial charge on any atom is -0.496 e. The summed E-state index contributed by atoms with van der Waals surface area (Å²) in [6.45, 7) is 1.25. The third-order valence-electron chi connectivity index (χ3n) is 5.35. The van der Waals surface area contributed by atoms with Crippen LogP contribution in [0.15, 0.2) is 36.4 Å². The van der Waals surface area contributed by atoms with Crippen molar-refractivity contribution in [2.45, 2.75) is 19.3 Å². The Hall–Kier alpha value is -2.75. The number of rotatable bonds is 5. The van der Waals surface area contributed by atoms with Crippen molar-refractivity contribution in [1.82, 2.24) is 19.2 Å². The minimum absolute atomic E-state index is 0.345. The molecule has 1 aromatic heterocycles. The second-order valence-corrected chi connectivity index (χ2v) is 7.54. The molecule has 1 aliphatic rings. The molecular formula is C21H23FN4O3S. The lowest BCUT2D eigenvalue weighted by molar-refractivity contribution is 0.0670. The van der Waals surface area contributed by atoms with E-state index in [2.05, 4.69) is 5.10 Å². The summed E-state index contributed by atoms with van der Waals surface area (Å²) in [5, 5.41) is 15.3. The molecule has 158 valence electrons. The Bertz CT molecular complexity index is 1140. The molecule has 0 spiro atoms. The standard InChI is InChI=1S/C21H23FN4O3S/c1-24-20(13-6-4-5-7-15(13)22)23-26(21(24)30)12-25-10-14-17(28-2)8-9-18(29-3)19(14)16(27)11-25/h4-9,16,27H,10-12H2,1-3H3. The molecule has 1 unspecified atom stereocenters. The van der Waals surface area contributed by atoms with E-state index in [1.54, 1.807) is 54.8 Å². The Kier molecular flexibility index (Phi) is 5.59. The summed E-state index contributed by atoms with van der Waals surface area (Å²) in [5.41, 5.74) is 2.00. The van der Waals surface area contributed by atoms with E-state index in [0.29, 0.717) is 47.4 Å². The van der Waals surface area contributed by atoms with Gasteiger partial charge in [0, 0.05) is 31.3 Å². The largest absolute Gasteiger partial charge is 0.496 e. The topological polar surface area (TPSA) is 64.7 Å². The lowest BCUT2D eigenvalue weighted by Crippen LogP contribution is -2.36. The number of hydrogen-bond donors (Lipinski definition) is 1. The van der Waals surface area contributed by atoms with Crippen LogP contribution < -0.4 is 9.47 Å². The van der Waals surface area contributed by atoms with E-state index in [1.165, 1.54) is 6.07 Å². The summed E-state index contributed by atoms with van der Waals surface area (Å²) in [7, 11) is 4.95. The van der Waals surface area contributed by atoms with Crippen LogP contribution in [0.3, 0.4) is 0 Å². The summed E-state index contributed by atoms with van der Waals surface area (Å²) in [6.07, 6.45) is -0.747. The Labute approximate surface area is 178 Å². The van der Waals surface area contributed by atoms with Crippen molar-refractivity contribution in [2.24, 2.45) is 7.05 Å². The van der Waals surface area contributed by atoms with Crippen LogP contribution in [0, 0.1) is 10.6 Å². The van der Waals surface area contributed by atoms with E-state index in [1.807, 2.05) is 11.0 Å². The number of halogens is 1. The smallest absolute Gasteiger partial charge is 0.199 e. The van der Waals surface area contributed by atoms with Gasteiger partial charge in [0.1, 0.15) is 17.3 Å². The van der Waals surface area contributed by atoms with Gasteiger partial charge in [-0.25, -0.2) is 9.07 Å². The van der Waals surface area contributed by atoms with Crippen molar-refractivity contribution >= 4 is 12.2 Å². The summed E-state index contributed by atoms with van der Waals surface area (Å²) >= 11 is 5.53. The van der Waals surface area contributed by atoms with Gasteiger partial charge in [-0.05, 0) is 36.5 Å². The summed E-state index contributed by atoms with van der Waals surface area (Å²) in [5.74, 6) is 1.42.